The van der Waals surface area contributed by atoms with Gasteiger partial charge >= 0.3 is 0 Å². The van der Waals surface area contributed by atoms with Crippen LogP contribution in [0, 0.1) is 11.3 Å². The number of hydrogen-bond acceptors (Lipinski definition) is 2. The van der Waals surface area contributed by atoms with Crippen LogP contribution in [0.4, 0.5) is 0 Å². The Labute approximate surface area is 107 Å². The van der Waals surface area contributed by atoms with Gasteiger partial charge < -0.3 is 10.1 Å². The van der Waals surface area contributed by atoms with E-state index in [1.165, 1.54) is 38.5 Å². The highest BCUT2D eigenvalue weighted by Crippen LogP contribution is 2.48. The summed E-state index contributed by atoms with van der Waals surface area (Å²) >= 11 is 0. The maximum Gasteiger partial charge on any atom is 0.0837 e. The Balaban J connectivity index is 2.09. The molecule has 0 aromatic heterocycles. The molecule has 2 rings (SSSR count). The predicted octanol–water partition coefficient (Wildman–Crippen LogP) is 3.36. The average molecular weight is 239 g/mol. The normalized spacial score (nSPS) is 28.9. The van der Waals surface area contributed by atoms with E-state index >= 15 is 0 Å². The molecule has 0 aromatic rings. The SMILES string of the molecule is CCOC1(C(NC)C2CC2)CCC(C)(C)CC1. The molecule has 2 aliphatic rings. The van der Waals surface area contributed by atoms with E-state index in [0.717, 1.165) is 12.5 Å². The molecule has 1 N–H and O–H groups in total. The Bertz CT molecular complexity index is 248. The monoisotopic (exact) mass is 239 g/mol. The fraction of sp³-hybridized carbons (Fsp3) is 1.00. The third kappa shape index (κ3) is 2.85. The molecule has 0 amide bonds. The molecule has 0 aliphatic heterocycles. The Morgan fingerprint density at radius 2 is 1.76 bits per heavy atom. The summed E-state index contributed by atoms with van der Waals surface area (Å²) < 4.78 is 6.26. The van der Waals surface area contributed by atoms with Crippen LogP contribution in [0.1, 0.15) is 59.3 Å². The molecule has 0 bridgehead atoms. The van der Waals surface area contributed by atoms with Crippen LogP contribution in [-0.2, 0) is 4.74 Å². The zero-order valence-electron chi connectivity index (χ0n) is 12.0. The molecule has 2 aliphatic carbocycles. The summed E-state index contributed by atoms with van der Waals surface area (Å²) in [5.74, 6) is 0.868. The van der Waals surface area contributed by atoms with Crippen molar-refractivity contribution in [1.29, 1.82) is 0 Å². The number of nitrogens with one attached hydrogen (secondary N) is 1. The van der Waals surface area contributed by atoms with E-state index in [4.69, 9.17) is 4.74 Å². The number of rotatable bonds is 5. The van der Waals surface area contributed by atoms with Crippen LogP contribution in [0.25, 0.3) is 0 Å². The predicted molar refractivity (Wildman–Crippen MR) is 72.2 cm³/mol. The first-order valence-corrected chi connectivity index (χ1v) is 7.34. The van der Waals surface area contributed by atoms with Crippen molar-refractivity contribution >= 4 is 0 Å². The fourth-order valence-corrected chi connectivity index (χ4v) is 3.54. The van der Waals surface area contributed by atoms with Crippen molar-refractivity contribution in [2.45, 2.75) is 70.9 Å². The quantitative estimate of drug-likeness (QED) is 0.794. The van der Waals surface area contributed by atoms with E-state index in [2.05, 4.69) is 33.1 Å². The molecule has 2 saturated carbocycles. The van der Waals surface area contributed by atoms with Crippen LogP contribution in [0.15, 0.2) is 0 Å². The highest BCUT2D eigenvalue weighted by atomic mass is 16.5. The van der Waals surface area contributed by atoms with E-state index in [1.807, 2.05) is 0 Å². The van der Waals surface area contributed by atoms with Gasteiger partial charge in [0.05, 0.1) is 5.60 Å². The van der Waals surface area contributed by atoms with Crippen molar-refractivity contribution in [2.24, 2.45) is 11.3 Å². The second-order valence-corrected chi connectivity index (χ2v) is 6.77. The van der Waals surface area contributed by atoms with Crippen LogP contribution in [0.5, 0.6) is 0 Å². The lowest BCUT2D eigenvalue weighted by Crippen LogP contribution is -2.55. The summed E-state index contributed by atoms with van der Waals surface area (Å²) in [6.45, 7) is 7.79. The number of ether oxygens (including phenoxy) is 1. The smallest absolute Gasteiger partial charge is 0.0837 e. The lowest BCUT2D eigenvalue weighted by Gasteiger charge is -2.48. The third-order valence-corrected chi connectivity index (χ3v) is 4.85. The molecule has 0 spiro atoms. The van der Waals surface area contributed by atoms with Crippen LogP contribution in [0.3, 0.4) is 0 Å². The molecule has 0 heterocycles. The molecular formula is C15H29NO. The molecular weight excluding hydrogens is 210 g/mol. The summed E-state index contributed by atoms with van der Waals surface area (Å²) in [5.41, 5.74) is 0.641. The summed E-state index contributed by atoms with van der Waals surface area (Å²) in [6, 6.07) is 0.582. The van der Waals surface area contributed by atoms with Crippen LogP contribution in [-0.4, -0.2) is 25.3 Å². The summed E-state index contributed by atoms with van der Waals surface area (Å²) in [6.07, 6.45) is 7.86. The number of likely N-dealkylation sites (N-methyl/N-ethyl adjacent to an activating group) is 1. The van der Waals surface area contributed by atoms with Crippen LogP contribution >= 0.6 is 0 Å². The molecule has 1 atom stereocenters. The Kier molecular flexibility index (Phi) is 3.84. The fourth-order valence-electron chi connectivity index (χ4n) is 3.54. The van der Waals surface area contributed by atoms with E-state index in [0.29, 0.717) is 11.5 Å². The van der Waals surface area contributed by atoms with Gasteiger partial charge in [-0.05, 0) is 63.8 Å². The summed E-state index contributed by atoms with van der Waals surface area (Å²) in [7, 11) is 2.11. The molecule has 17 heavy (non-hydrogen) atoms. The number of hydrogen-bond donors (Lipinski definition) is 1. The second kappa shape index (κ2) is 4.89. The molecule has 0 radical (unpaired) electrons. The first kappa shape index (κ1) is 13.4. The van der Waals surface area contributed by atoms with Gasteiger partial charge in [0.15, 0.2) is 0 Å². The highest BCUT2D eigenvalue weighted by Gasteiger charge is 2.49. The standard InChI is InChI=1S/C15H29NO/c1-5-17-15(13(16-4)12-6-7-12)10-8-14(2,3)9-11-15/h12-13,16H,5-11H2,1-4H3. The molecule has 2 nitrogen and oxygen atoms in total. The Morgan fingerprint density at radius 3 is 2.18 bits per heavy atom. The highest BCUT2D eigenvalue weighted by molar-refractivity contribution is 5.04. The minimum atomic E-state index is 0.125. The van der Waals surface area contributed by atoms with Crippen molar-refractivity contribution in [3.8, 4) is 0 Å². The second-order valence-electron chi connectivity index (χ2n) is 6.77. The zero-order chi connectivity index (χ0) is 12.5. The summed E-state index contributed by atoms with van der Waals surface area (Å²) in [4.78, 5) is 0. The lowest BCUT2D eigenvalue weighted by molar-refractivity contribution is -0.109. The van der Waals surface area contributed by atoms with E-state index < -0.39 is 0 Å². The van der Waals surface area contributed by atoms with Gasteiger partial charge in [0.1, 0.15) is 0 Å². The third-order valence-electron chi connectivity index (χ3n) is 4.85. The Hall–Kier alpha value is -0.0800. The molecule has 1 unspecified atom stereocenters. The Morgan fingerprint density at radius 1 is 1.18 bits per heavy atom. The molecule has 2 heteroatoms. The largest absolute Gasteiger partial charge is 0.374 e. The average Bonchev–Trinajstić information content (AvgIpc) is 3.08. The van der Waals surface area contributed by atoms with Crippen molar-refractivity contribution in [1.82, 2.24) is 5.32 Å². The van der Waals surface area contributed by atoms with Crippen molar-refractivity contribution in [3.05, 3.63) is 0 Å². The first-order valence-electron chi connectivity index (χ1n) is 7.34. The van der Waals surface area contributed by atoms with Crippen molar-refractivity contribution in [3.63, 3.8) is 0 Å². The molecule has 2 fully saturated rings. The van der Waals surface area contributed by atoms with Crippen LogP contribution in [0.2, 0.25) is 0 Å². The van der Waals surface area contributed by atoms with Gasteiger partial charge in [-0.1, -0.05) is 13.8 Å². The van der Waals surface area contributed by atoms with Crippen molar-refractivity contribution < 1.29 is 4.74 Å². The van der Waals surface area contributed by atoms with Gasteiger partial charge in [-0.2, -0.15) is 0 Å². The molecule has 0 aromatic carbocycles. The van der Waals surface area contributed by atoms with Crippen LogP contribution < -0.4 is 5.32 Å². The maximum absolute atomic E-state index is 6.26. The van der Waals surface area contributed by atoms with Gasteiger partial charge in [-0.15, -0.1) is 0 Å². The van der Waals surface area contributed by atoms with E-state index in [1.54, 1.807) is 0 Å². The van der Waals surface area contributed by atoms with Gasteiger partial charge in [0, 0.05) is 12.6 Å². The van der Waals surface area contributed by atoms with Crippen molar-refractivity contribution in [2.75, 3.05) is 13.7 Å². The van der Waals surface area contributed by atoms with E-state index in [-0.39, 0.29) is 5.60 Å². The first-order chi connectivity index (χ1) is 8.03. The minimum Gasteiger partial charge on any atom is -0.374 e. The van der Waals surface area contributed by atoms with Gasteiger partial charge in [-0.25, -0.2) is 0 Å². The van der Waals surface area contributed by atoms with E-state index in [9.17, 15) is 0 Å². The minimum absolute atomic E-state index is 0.125. The lowest BCUT2D eigenvalue weighted by atomic mass is 9.67. The molecule has 0 saturated heterocycles. The zero-order valence-corrected chi connectivity index (χ0v) is 12.0. The topological polar surface area (TPSA) is 21.3 Å². The van der Waals surface area contributed by atoms with Gasteiger partial charge in [-0.3, -0.25) is 0 Å². The maximum atomic E-state index is 6.26. The molecule has 100 valence electrons. The van der Waals surface area contributed by atoms with Gasteiger partial charge in [0.25, 0.3) is 0 Å². The van der Waals surface area contributed by atoms with Gasteiger partial charge in [0.2, 0.25) is 0 Å². The summed E-state index contributed by atoms with van der Waals surface area (Å²) in [5, 5.41) is 3.56.